The third-order valence-corrected chi connectivity index (χ3v) is 2.98. The fourth-order valence-corrected chi connectivity index (χ4v) is 1.69. The molecule has 8 heteroatoms. The summed E-state index contributed by atoms with van der Waals surface area (Å²) < 4.78 is 4.94. The van der Waals surface area contributed by atoms with Gasteiger partial charge in [-0.15, -0.1) is 0 Å². The van der Waals surface area contributed by atoms with E-state index in [0.29, 0.717) is 11.3 Å². The second kappa shape index (κ2) is 5.61. The van der Waals surface area contributed by atoms with Gasteiger partial charge in [-0.1, -0.05) is 11.2 Å². The molecule has 1 aromatic heterocycles. The van der Waals surface area contributed by atoms with Crippen molar-refractivity contribution in [2.45, 2.75) is 20.8 Å². The highest BCUT2D eigenvalue weighted by atomic mass is 16.6. The van der Waals surface area contributed by atoms with E-state index >= 15 is 0 Å². The Balaban J connectivity index is 2.17. The van der Waals surface area contributed by atoms with Crippen molar-refractivity contribution in [3.05, 3.63) is 45.1 Å². The van der Waals surface area contributed by atoms with Crippen LogP contribution in [0, 0.1) is 30.9 Å². The molecule has 0 aliphatic rings. The lowest BCUT2D eigenvalue weighted by molar-refractivity contribution is -0.384. The zero-order valence-electron chi connectivity index (χ0n) is 11.8. The van der Waals surface area contributed by atoms with Crippen LogP contribution in [0.2, 0.25) is 0 Å². The maximum atomic E-state index is 11.9. The smallest absolute Gasteiger partial charge is 0.326 e. The average Bonchev–Trinajstić information content (AvgIpc) is 2.72. The molecule has 2 aromatic rings. The minimum atomic E-state index is -0.638. The minimum Gasteiger partial charge on any atom is -0.338 e. The van der Waals surface area contributed by atoms with Gasteiger partial charge in [-0.3, -0.25) is 15.4 Å². The number of hydrogen-bond donors (Lipinski definition) is 2. The van der Waals surface area contributed by atoms with Gasteiger partial charge in [-0.05, 0) is 32.4 Å². The minimum absolute atomic E-state index is 0.108. The molecule has 2 N–H and O–H groups in total. The van der Waals surface area contributed by atoms with E-state index in [-0.39, 0.29) is 17.3 Å². The molecule has 21 heavy (non-hydrogen) atoms. The van der Waals surface area contributed by atoms with Crippen LogP contribution in [0.1, 0.15) is 16.8 Å². The summed E-state index contributed by atoms with van der Waals surface area (Å²) in [5, 5.41) is 19.6. The monoisotopic (exact) mass is 290 g/mol. The van der Waals surface area contributed by atoms with Gasteiger partial charge in [-0.2, -0.15) is 0 Å². The SMILES string of the molecule is Cc1ccc(NC(=O)Nc2onc(C)c2C)c([N+](=O)[O-])c1. The molecule has 0 fully saturated rings. The molecule has 0 unspecified atom stereocenters. The van der Waals surface area contributed by atoms with Crippen molar-refractivity contribution in [1.29, 1.82) is 0 Å². The Morgan fingerprint density at radius 1 is 1.29 bits per heavy atom. The summed E-state index contributed by atoms with van der Waals surface area (Å²) >= 11 is 0. The number of nitrogens with zero attached hydrogens (tertiary/aromatic N) is 2. The van der Waals surface area contributed by atoms with Crippen LogP contribution >= 0.6 is 0 Å². The van der Waals surface area contributed by atoms with Gasteiger partial charge in [0.1, 0.15) is 5.69 Å². The first-order valence-electron chi connectivity index (χ1n) is 6.14. The fraction of sp³-hybridized carbons (Fsp3) is 0.231. The highest BCUT2D eigenvalue weighted by molar-refractivity contribution is 6.00. The number of aromatic nitrogens is 1. The molecule has 0 radical (unpaired) electrons. The number of nitro benzene ring substituents is 1. The predicted octanol–water partition coefficient (Wildman–Crippen LogP) is 3.15. The number of anilines is 2. The summed E-state index contributed by atoms with van der Waals surface area (Å²) in [5.74, 6) is 0.208. The van der Waals surface area contributed by atoms with E-state index in [1.165, 1.54) is 12.1 Å². The van der Waals surface area contributed by atoms with Gasteiger partial charge in [0.2, 0.25) is 5.88 Å². The Kier molecular flexibility index (Phi) is 3.88. The molecule has 0 spiro atoms. The second-order valence-electron chi connectivity index (χ2n) is 4.58. The lowest BCUT2D eigenvalue weighted by Gasteiger charge is -2.07. The summed E-state index contributed by atoms with van der Waals surface area (Å²) in [6.07, 6.45) is 0. The molecule has 1 aromatic carbocycles. The highest BCUT2D eigenvalue weighted by Gasteiger charge is 2.17. The summed E-state index contributed by atoms with van der Waals surface area (Å²) in [6, 6.07) is 3.90. The van der Waals surface area contributed by atoms with Crippen LogP contribution in [-0.2, 0) is 0 Å². The molecule has 8 nitrogen and oxygen atoms in total. The number of aryl methyl sites for hydroxylation is 2. The van der Waals surface area contributed by atoms with Gasteiger partial charge in [0.25, 0.3) is 5.69 Å². The summed E-state index contributed by atoms with van der Waals surface area (Å²) in [7, 11) is 0. The zero-order valence-corrected chi connectivity index (χ0v) is 11.8. The van der Waals surface area contributed by atoms with E-state index < -0.39 is 11.0 Å². The first-order chi connectivity index (χ1) is 9.88. The normalized spacial score (nSPS) is 10.2. The molecule has 2 rings (SSSR count). The molecule has 110 valence electrons. The Bertz CT molecular complexity index is 708. The van der Waals surface area contributed by atoms with Crippen LogP contribution in [0.25, 0.3) is 0 Å². The fourth-order valence-electron chi connectivity index (χ4n) is 1.69. The van der Waals surface area contributed by atoms with Gasteiger partial charge in [-0.25, -0.2) is 4.79 Å². The van der Waals surface area contributed by atoms with Gasteiger partial charge in [0.15, 0.2) is 0 Å². The van der Waals surface area contributed by atoms with Crippen LogP contribution in [0.4, 0.5) is 22.1 Å². The average molecular weight is 290 g/mol. The van der Waals surface area contributed by atoms with E-state index in [9.17, 15) is 14.9 Å². The molecule has 0 saturated heterocycles. The van der Waals surface area contributed by atoms with Gasteiger partial charge in [0.05, 0.1) is 10.6 Å². The molecule has 0 atom stereocenters. The lowest BCUT2D eigenvalue weighted by Crippen LogP contribution is -2.20. The number of carbonyl (C=O) groups excluding carboxylic acids is 1. The third kappa shape index (κ3) is 3.16. The zero-order chi connectivity index (χ0) is 15.6. The molecule has 0 bridgehead atoms. The van der Waals surface area contributed by atoms with Crippen LogP contribution in [0.3, 0.4) is 0 Å². The van der Waals surface area contributed by atoms with Gasteiger partial charge < -0.3 is 9.84 Å². The van der Waals surface area contributed by atoms with E-state index in [4.69, 9.17) is 4.52 Å². The maximum absolute atomic E-state index is 11.9. The van der Waals surface area contributed by atoms with Crippen molar-refractivity contribution in [3.63, 3.8) is 0 Å². The first kappa shape index (κ1) is 14.5. The number of hydrogen-bond acceptors (Lipinski definition) is 5. The van der Waals surface area contributed by atoms with E-state index in [2.05, 4.69) is 15.8 Å². The van der Waals surface area contributed by atoms with Crippen LogP contribution in [-0.4, -0.2) is 16.1 Å². The van der Waals surface area contributed by atoms with Crippen molar-refractivity contribution in [2.75, 3.05) is 10.6 Å². The molecule has 0 aliphatic heterocycles. The van der Waals surface area contributed by atoms with Crippen molar-refractivity contribution in [1.82, 2.24) is 5.16 Å². The number of carbonyl (C=O) groups is 1. The molecular weight excluding hydrogens is 276 g/mol. The molecule has 1 heterocycles. The molecule has 2 amide bonds. The Hall–Kier alpha value is -2.90. The highest BCUT2D eigenvalue weighted by Crippen LogP contribution is 2.25. The predicted molar refractivity (Wildman–Crippen MR) is 76.5 cm³/mol. The maximum Gasteiger partial charge on any atom is 0.326 e. The Morgan fingerprint density at radius 2 is 2.00 bits per heavy atom. The number of nitrogens with one attached hydrogen (secondary N) is 2. The van der Waals surface area contributed by atoms with Crippen LogP contribution < -0.4 is 10.6 Å². The van der Waals surface area contributed by atoms with Crippen molar-refractivity contribution in [3.8, 4) is 0 Å². The molecule has 0 aliphatic carbocycles. The van der Waals surface area contributed by atoms with E-state index in [0.717, 1.165) is 5.56 Å². The van der Waals surface area contributed by atoms with E-state index in [1.807, 2.05) is 0 Å². The summed E-state index contributed by atoms with van der Waals surface area (Å²) in [5.41, 5.74) is 2.03. The first-order valence-corrected chi connectivity index (χ1v) is 6.14. The van der Waals surface area contributed by atoms with Crippen LogP contribution in [0.5, 0.6) is 0 Å². The van der Waals surface area contributed by atoms with E-state index in [1.54, 1.807) is 26.8 Å². The summed E-state index contributed by atoms with van der Waals surface area (Å²) in [6.45, 7) is 5.22. The van der Waals surface area contributed by atoms with Crippen molar-refractivity contribution >= 4 is 23.3 Å². The molecule has 0 saturated carbocycles. The number of urea groups is 1. The van der Waals surface area contributed by atoms with Gasteiger partial charge >= 0.3 is 6.03 Å². The van der Waals surface area contributed by atoms with Gasteiger partial charge in [0, 0.05) is 11.6 Å². The molecular formula is C13H14N4O4. The quantitative estimate of drug-likeness (QED) is 0.666. The topological polar surface area (TPSA) is 110 Å². The lowest BCUT2D eigenvalue weighted by atomic mass is 10.2. The third-order valence-electron chi connectivity index (χ3n) is 2.98. The number of nitro groups is 1. The summed E-state index contributed by atoms with van der Waals surface area (Å²) in [4.78, 5) is 22.3. The second-order valence-corrected chi connectivity index (χ2v) is 4.58. The number of amides is 2. The Labute approximate surface area is 120 Å². The largest absolute Gasteiger partial charge is 0.338 e. The van der Waals surface area contributed by atoms with Crippen LogP contribution in [0.15, 0.2) is 22.7 Å². The van der Waals surface area contributed by atoms with Crippen molar-refractivity contribution in [2.24, 2.45) is 0 Å². The standard InChI is InChI=1S/C13H14N4O4/c1-7-4-5-10(11(6-7)17(19)20)14-13(18)15-12-8(2)9(3)16-21-12/h4-6H,1-3H3,(H2,14,15,18). The van der Waals surface area contributed by atoms with Crippen molar-refractivity contribution < 1.29 is 14.2 Å². The number of benzene rings is 1. The number of rotatable bonds is 3. The Morgan fingerprint density at radius 3 is 2.57 bits per heavy atom.